The van der Waals surface area contributed by atoms with Crippen molar-refractivity contribution < 1.29 is 14.4 Å². The van der Waals surface area contributed by atoms with Gasteiger partial charge in [0, 0.05) is 18.3 Å². The van der Waals surface area contributed by atoms with Gasteiger partial charge in [0.15, 0.2) is 11.5 Å². The molecule has 0 atom stereocenters. The Labute approximate surface area is 180 Å². The Morgan fingerprint density at radius 3 is 2.56 bits per heavy atom. The molecule has 2 N–H and O–H groups in total. The Morgan fingerprint density at radius 1 is 1.03 bits per heavy atom. The van der Waals surface area contributed by atoms with Crippen molar-refractivity contribution in [2.75, 3.05) is 7.11 Å². The molecule has 0 unspecified atom stereocenters. The summed E-state index contributed by atoms with van der Waals surface area (Å²) in [7, 11) is 1.47. The quantitative estimate of drug-likeness (QED) is 0.267. The molecule has 1 heterocycles. The number of ether oxygens (including phenoxy) is 2. The molecule has 10 heteroatoms. The van der Waals surface area contributed by atoms with Gasteiger partial charge in [-0.25, -0.2) is 4.79 Å². The molecule has 0 aliphatic carbocycles. The number of imidazole rings is 1. The Hall–Kier alpha value is -4.91. The Kier molecular flexibility index (Phi) is 5.38. The predicted molar refractivity (Wildman–Crippen MR) is 117 cm³/mol. The number of benzene rings is 3. The van der Waals surface area contributed by atoms with Gasteiger partial charge < -0.3 is 19.4 Å². The second kappa shape index (κ2) is 8.45. The lowest BCUT2D eigenvalue weighted by Crippen LogP contribution is -1.99. The molecule has 0 aliphatic heterocycles. The minimum Gasteiger partial charge on any atom is -0.493 e. The molecule has 1 aromatic heterocycles. The van der Waals surface area contributed by atoms with Crippen LogP contribution in [0.25, 0.3) is 11.0 Å². The van der Waals surface area contributed by atoms with Crippen LogP contribution in [-0.4, -0.2) is 28.2 Å². The molecular formula is C22H15N5O5. The molecule has 0 bridgehead atoms. The van der Waals surface area contributed by atoms with E-state index in [0.717, 1.165) is 11.6 Å². The van der Waals surface area contributed by atoms with Gasteiger partial charge in [0.05, 0.1) is 28.8 Å². The molecule has 0 spiro atoms. The largest absolute Gasteiger partial charge is 0.493 e. The molecule has 158 valence electrons. The van der Waals surface area contributed by atoms with Crippen molar-refractivity contribution in [2.24, 2.45) is 4.99 Å². The number of hydrogen-bond acceptors (Lipinski definition) is 7. The second-order valence-corrected chi connectivity index (χ2v) is 6.63. The molecule has 0 saturated carbocycles. The van der Waals surface area contributed by atoms with Crippen molar-refractivity contribution in [1.82, 2.24) is 9.97 Å². The van der Waals surface area contributed by atoms with Crippen LogP contribution in [0.1, 0.15) is 11.1 Å². The zero-order chi connectivity index (χ0) is 22.7. The predicted octanol–water partition coefficient (Wildman–Crippen LogP) is 4.19. The molecule has 0 amide bonds. The molecule has 0 radical (unpaired) electrons. The van der Waals surface area contributed by atoms with Gasteiger partial charge in [0.2, 0.25) is 0 Å². The lowest BCUT2D eigenvalue weighted by molar-refractivity contribution is -0.384. The van der Waals surface area contributed by atoms with E-state index < -0.39 is 4.92 Å². The molecule has 10 nitrogen and oxygen atoms in total. The minimum atomic E-state index is -0.579. The van der Waals surface area contributed by atoms with E-state index in [0.29, 0.717) is 28.2 Å². The van der Waals surface area contributed by atoms with Crippen LogP contribution >= 0.6 is 0 Å². The van der Waals surface area contributed by atoms with Gasteiger partial charge in [-0.3, -0.25) is 15.1 Å². The SMILES string of the molecule is COc1cc(C=Nc2ccc3[nH]c(=O)[nH]c3c2)ccc1Oc1ccc([N+](=O)[O-])cc1C#N. The number of aromatic nitrogens is 2. The fourth-order valence-electron chi connectivity index (χ4n) is 3.03. The Balaban J connectivity index is 1.59. The maximum Gasteiger partial charge on any atom is 0.323 e. The zero-order valence-electron chi connectivity index (χ0n) is 16.7. The summed E-state index contributed by atoms with van der Waals surface area (Å²) in [5.41, 5.74) is 2.27. The van der Waals surface area contributed by atoms with Gasteiger partial charge in [-0.1, -0.05) is 0 Å². The topological polar surface area (TPSA) is 146 Å². The van der Waals surface area contributed by atoms with E-state index in [1.807, 2.05) is 6.07 Å². The standard InChI is InChI=1S/C22H15N5O5/c1-31-21-8-13(12-24-15-3-5-17-18(10-15)26-22(28)25-17)2-6-20(21)32-19-7-4-16(27(29)30)9-14(19)11-23/h2-10,12H,1H3,(H2,25,26,28). The first-order valence-electron chi connectivity index (χ1n) is 9.27. The van der Waals surface area contributed by atoms with Crippen LogP contribution in [-0.2, 0) is 0 Å². The summed E-state index contributed by atoms with van der Waals surface area (Å²) in [6.45, 7) is 0. The summed E-state index contributed by atoms with van der Waals surface area (Å²) in [6, 6.07) is 16.1. The molecule has 4 aromatic rings. The summed E-state index contributed by atoms with van der Waals surface area (Å²) in [6.07, 6.45) is 1.63. The number of nitro benzene ring substituents is 1. The highest BCUT2D eigenvalue weighted by Crippen LogP contribution is 2.34. The van der Waals surface area contributed by atoms with Crippen LogP contribution in [0, 0.1) is 21.4 Å². The molecule has 0 aliphatic rings. The Bertz CT molecular complexity index is 1460. The zero-order valence-corrected chi connectivity index (χ0v) is 16.7. The number of aliphatic imine (C=N–C) groups is 1. The number of fused-ring (bicyclic) bond motifs is 1. The lowest BCUT2D eigenvalue weighted by atomic mass is 10.2. The molecular weight excluding hydrogens is 414 g/mol. The fourth-order valence-corrected chi connectivity index (χ4v) is 3.03. The number of nitrogens with one attached hydrogen (secondary N) is 2. The van der Waals surface area contributed by atoms with E-state index in [9.17, 15) is 20.2 Å². The highest BCUT2D eigenvalue weighted by atomic mass is 16.6. The highest BCUT2D eigenvalue weighted by molar-refractivity contribution is 5.85. The van der Waals surface area contributed by atoms with E-state index in [1.165, 1.54) is 19.2 Å². The average molecular weight is 429 g/mol. The molecule has 4 rings (SSSR count). The number of nitriles is 1. The number of non-ortho nitro benzene ring substituents is 1. The van der Waals surface area contributed by atoms with Crippen LogP contribution in [0.3, 0.4) is 0 Å². The van der Waals surface area contributed by atoms with Crippen LogP contribution in [0.2, 0.25) is 0 Å². The normalized spacial score (nSPS) is 10.9. The second-order valence-electron chi connectivity index (χ2n) is 6.63. The van der Waals surface area contributed by atoms with Crippen molar-refractivity contribution in [2.45, 2.75) is 0 Å². The van der Waals surface area contributed by atoms with Crippen LogP contribution in [0.5, 0.6) is 17.2 Å². The number of methoxy groups -OCH3 is 1. The maximum absolute atomic E-state index is 11.4. The number of hydrogen-bond donors (Lipinski definition) is 2. The van der Waals surface area contributed by atoms with Crippen molar-refractivity contribution >= 4 is 28.6 Å². The molecule has 32 heavy (non-hydrogen) atoms. The van der Waals surface area contributed by atoms with E-state index in [4.69, 9.17) is 9.47 Å². The van der Waals surface area contributed by atoms with E-state index in [2.05, 4.69) is 15.0 Å². The maximum atomic E-state index is 11.4. The van der Waals surface area contributed by atoms with E-state index in [1.54, 1.807) is 42.6 Å². The number of aromatic amines is 2. The van der Waals surface area contributed by atoms with Gasteiger partial charge >= 0.3 is 5.69 Å². The van der Waals surface area contributed by atoms with Crippen molar-refractivity contribution in [3.8, 4) is 23.3 Å². The van der Waals surface area contributed by atoms with Crippen molar-refractivity contribution in [3.63, 3.8) is 0 Å². The summed E-state index contributed by atoms with van der Waals surface area (Å²) in [4.78, 5) is 31.5. The first-order chi connectivity index (χ1) is 15.5. The summed E-state index contributed by atoms with van der Waals surface area (Å²) >= 11 is 0. The fraction of sp³-hybridized carbons (Fsp3) is 0.0455. The number of nitrogens with zero attached hydrogens (tertiary/aromatic N) is 3. The average Bonchev–Trinajstić information content (AvgIpc) is 3.17. The third-order valence-electron chi connectivity index (χ3n) is 4.56. The summed E-state index contributed by atoms with van der Waals surface area (Å²) in [5.74, 6) is 0.898. The number of rotatable bonds is 6. The first-order valence-corrected chi connectivity index (χ1v) is 9.27. The van der Waals surface area contributed by atoms with Gasteiger partial charge in [0.1, 0.15) is 17.4 Å². The van der Waals surface area contributed by atoms with Crippen molar-refractivity contribution in [3.05, 3.63) is 86.3 Å². The monoisotopic (exact) mass is 429 g/mol. The van der Waals surface area contributed by atoms with Gasteiger partial charge in [0.25, 0.3) is 5.69 Å². The van der Waals surface area contributed by atoms with Crippen LogP contribution in [0.15, 0.2) is 64.4 Å². The number of H-pyrrole nitrogens is 2. The van der Waals surface area contributed by atoms with E-state index >= 15 is 0 Å². The first kappa shape index (κ1) is 20.4. The molecule has 0 fully saturated rings. The van der Waals surface area contributed by atoms with Crippen LogP contribution < -0.4 is 15.2 Å². The van der Waals surface area contributed by atoms with Crippen LogP contribution in [0.4, 0.5) is 11.4 Å². The van der Waals surface area contributed by atoms with E-state index in [-0.39, 0.29) is 22.7 Å². The third-order valence-corrected chi connectivity index (χ3v) is 4.56. The highest BCUT2D eigenvalue weighted by Gasteiger charge is 2.14. The molecule has 3 aromatic carbocycles. The number of nitro groups is 1. The summed E-state index contributed by atoms with van der Waals surface area (Å²) in [5, 5.41) is 20.2. The third kappa shape index (κ3) is 4.17. The van der Waals surface area contributed by atoms with Gasteiger partial charge in [-0.15, -0.1) is 0 Å². The lowest BCUT2D eigenvalue weighted by Gasteiger charge is -2.12. The van der Waals surface area contributed by atoms with Crippen molar-refractivity contribution in [1.29, 1.82) is 5.26 Å². The van der Waals surface area contributed by atoms with Gasteiger partial charge in [-0.05, 0) is 48.0 Å². The van der Waals surface area contributed by atoms with Gasteiger partial charge in [-0.2, -0.15) is 5.26 Å². The molecule has 0 saturated heterocycles. The smallest absolute Gasteiger partial charge is 0.323 e. The Morgan fingerprint density at radius 2 is 1.81 bits per heavy atom. The minimum absolute atomic E-state index is 0.0325. The summed E-state index contributed by atoms with van der Waals surface area (Å²) < 4.78 is 11.2.